The second kappa shape index (κ2) is 4.56. The molecule has 0 aliphatic carbocycles. The summed E-state index contributed by atoms with van der Waals surface area (Å²) in [4.78, 5) is 7.75. The standard InChI is InChI=1S/C12H18FN3O/c1-8-10(13)11(15-7-14-8)16-9-4-5-17-12(2,3)6-9/h7,9H,4-6H2,1-3H3,(H,14,15,16). The molecule has 1 aromatic rings. The summed E-state index contributed by atoms with van der Waals surface area (Å²) in [6.45, 7) is 6.41. The highest BCUT2D eigenvalue weighted by molar-refractivity contribution is 5.38. The minimum absolute atomic E-state index is 0.158. The Morgan fingerprint density at radius 2 is 2.24 bits per heavy atom. The molecule has 0 spiro atoms. The number of hydrogen-bond donors (Lipinski definition) is 1. The Morgan fingerprint density at radius 3 is 2.94 bits per heavy atom. The van der Waals surface area contributed by atoms with E-state index in [2.05, 4.69) is 15.3 Å². The van der Waals surface area contributed by atoms with Crippen molar-refractivity contribution in [1.29, 1.82) is 0 Å². The molecule has 1 fully saturated rings. The number of hydrogen-bond acceptors (Lipinski definition) is 4. The van der Waals surface area contributed by atoms with Gasteiger partial charge < -0.3 is 10.1 Å². The average Bonchev–Trinajstić information content (AvgIpc) is 2.23. The van der Waals surface area contributed by atoms with E-state index in [1.807, 2.05) is 13.8 Å². The number of nitrogens with zero attached hydrogens (tertiary/aromatic N) is 2. The summed E-state index contributed by atoms with van der Waals surface area (Å²) >= 11 is 0. The van der Waals surface area contributed by atoms with Gasteiger partial charge in [-0.2, -0.15) is 0 Å². The number of rotatable bonds is 2. The minimum Gasteiger partial charge on any atom is -0.375 e. The topological polar surface area (TPSA) is 47.0 Å². The first kappa shape index (κ1) is 12.2. The number of halogens is 1. The predicted molar refractivity (Wildman–Crippen MR) is 63.4 cm³/mol. The molecular weight excluding hydrogens is 221 g/mol. The number of ether oxygens (including phenoxy) is 1. The molecule has 0 radical (unpaired) electrons. The van der Waals surface area contributed by atoms with Crippen LogP contribution in [0, 0.1) is 12.7 Å². The lowest BCUT2D eigenvalue weighted by atomic mass is 9.94. The van der Waals surface area contributed by atoms with Crippen LogP contribution in [0.1, 0.15) is 32.4 Å². The minimum atomic E-state index is -0.364. The van der Waals surface area contributed by atoms with Crippen molar-refractivity contribution in [2.75, 3.05) is 11.9 Å². The zero-order valence-electron chi connectivity index (χ0n) is 10.5. The molecule has 1 aliphatic rings. The van der Waals surface area contributed by atoms with Crippen LogP contribution >= 0.6 is 0 Å². The SMILES string of the molecule is Cc1ncnc(NC2CCOC(C)(C)C2)c1F. The van der Waals surface area contributed by atoms with Crippen molar-refractivity contribution < 1.29 is 9.13 Å². The van der Waals surface area contributed by atoms with Gasteiger partial charge in [-0.05, 0) is 33.6 Å². The third-order valence-corrected chi connectivity index (χ3v) is 3.00. The van der Waals surface area contributed by atoms with Gasteiger partial charge in [0.15, 0.2) is 11.6 Å². The van der Waals surface area contributed by atoms with Gasteiger partial charge in [-0.3, -0.25) is 0 Å². The molecule has 1 aromatic heterocycles. The van der Waals surface area contributed by atoms with Crippen LogP contribution in [-0.2, 0) is 4.74 Å². The molecule has 4 nitrogen and oxygen atoms in total. The summed E-state index contributed by atoms with van der Waals surface area (Å²) < 4.78 is 19.4. The normalized spacial score (nSPS) is 23.4. The fraction of sp³-hybridized carbons (Fsp3) is 0.667. The zero-order valence-corrected chi connectivity index (χ0v) is 10.5. The first-order valence-corrected chi connectivity index (χ1v) is 5.85. The lowest BCUT2D eigenvalue weighted by Gasteiger charge is -2.36. The molecule has 0 amide bonds. The molecule has 0 aromatic carbocycles. The molecule has 0 bridgehead atoms. The molecule has 17 heavy (non-hydrogen) atoms. The van der Waals surface area contributed by atoms with E-state index in [-0.39, 0.29) is 17.5 Å². The average molecular weight is 239 g/mol. The number of aryl methyl sites for hydroxylation is 1. The molecule has 5 heteroatoms. The van der Waals surface area contributed by atoms with E-state index >= 15 is 0 Å². The van der Waals surface area contributed by atoms with Gasteiger partial charge in [0.1, 0.15) is 6.33 Å². The molecule has 1 atom stereocenters. The molecule has 0 saturated carbocycles. The van der Waals surface area contributed by atoms with Gasteiger partial charge in [-0.25, -0.2) is 14.4 Å². The quantitative estimate of drug-likeness (QED) is 0.860. The van der Waals surface area contributed by atoms with Gasteiger partial charge in [0.05, 0.1) is 11.3 Å². The van der Waals surface area contributed by atoms with E-state index in [1.165, 1.54) is 6.33 Å². The summed E-state index contributed by atoms with van der Waals surface area (Å²) in [5.41, 5.74) is 0.211. The van der Waals surface area contributed by atoms with Crippen LogP contribution in [0.4, 0.5) is 10.2 Å². The summed E-state index contributed by atoms with van der Waals surface area (Å²) in [6.07, 6.45) is 3.09. The van der Waals surface area contributed by atoms with Crippen molar-refractivity contribution in [3.05, 3.63) is 17.8 Å². The van der Waals surface area contributed by atoms with Crippen molar-refractivity contribution in [3.8, 4) is 0 Å². The first-order chi connectivity index (χ1) is 7.98. The second-order valence-corrected chi connectivity index (χ2v) is 5.06. The van der Waals surface area contributed by atoms with Crippen LogP contribution in [0.2, 0.25) is 0 Å². The Kier molecular flexibility index (Phi) is 3.28. The number of aromatic nitrogens is 2. The summed E-state index contributed by atoms with van der Waals surface area (Å²) in [6, 6.07) is 0.197. The Balaban J connectivity index is 2.08. The molecule has 2 rings (SSSR count). The third kappa shape index (κ3) is 2.91. The van der Waals surface area contributed by atoms with Gasteiger partial charge in [0, 0.05) is 12.6 Å². The van der Waals surface area contributed by atoms with Gasteiger partial charge >= 0.3 is 0 Å². The highest BCUT2D eigenvalue weighted by Gasteiger charge is 2.29. The molecule has 1 aliphatic heterocycles. The van der Waals surface area contributed by atoms with Gasteiger partial charge in [-0.1, -0.05) is 0 Å². The fourth-order valence-corrected chi connectivity index (χ4v) is 2.11. The van der Waals surface area contributed by atoms with E-state index in [0.717, 1.165) is 12.8 Å². The molecule has 1 saturated heterocycles. The molecule has 94 valence electrons. The largest absolute Gasteiger partial charge is 0.375 e. The molecule has 1 unspecified atom stereocenters. The summed E-state index contributed by atoms with van der Waals surface area (Å²) in [7, 11) is 0. The third-order valence-electron chi connectivity index (χ3n) is 3.00. The smallest absolute Gasteiger partial charge is 0.186 e. The predicted octanol–water partition coefficient (Wildman–Crippen LogP) is 2.29. The lowest BCUT2D eigenvalue weighted by Crippen LogP contribution is -2.40. The van der Waals surface area contributed by atoms with Crippen LogP contribution < -0.4 is 5.32 Å². The van der Waals surface area contributed by atoms with Crippen molar-refractivity contribution in [1.82, 2.24) is 9.97 Å². The van der Waals surface area contributed by atoms with Crippen molar-refractivity contribution >= 4 is 5.82 Å². The molecule has 2 heterocycles. The van der Waals surface area contributed by atoms with Gasteiger partial charge in [0.2, 0.25) is 0 Å². The molecular formula is C12H18FN3O. The molecule has 1 N–H and O–H groups in total. The number of nitrogens with one attached hydrogen (secondary N) is 1. The maximum Gasteiger partial charge on any atom is 0.186 e. The van der Waals surface area contributed by atoms with E-state index < -0.39 is 0 Å². The highest BCUT2D eigenvalue weighted by Crippen LogP contribution is 2.26. The Bertz CT molecular complexity index is 409. The Morgan fingerprint density at radius 1 is 1.47 bits per heavy atom. The van der Waals surface area contributed by atoms with Crippen LogP contribution in [0.5, 0.6) is 0 Å². The maximum absolute atomic E-state index is 13.7. The van der Waals surface area contributed by atoms with Crippen molar-refractivity contribution in [3.63, 3.8) is 0 Å². The fourth-order valence-electron chi connectivity index (χ4n) is 2.11. The monoisotopic (exact) mass is 239 g/mol. The zero-order chi connectivity index (χ0) is 12.5. The maximum atomic E-state index is 13.7. The van der Waals surface area contributed by atoms with Crippen LogP contribution in [-0.4, -0.2) is 28.2 Å². The van der Waals surface area contributed by atoms with Crippen LogP contribution in [0.25, 0.3) is 0 Å². The first-order valence-electron chi connectivity index (χ1n) is 5.85. The van der Waals surface area contributed by atoms with Crippen molar-refractivity contribution in [2.45, 2.75) is 45.3 Å². The van der Waals surface area contributed by atoms with Gasteiger partial charge in [0.25, 0.3) is 0 Å². The second-order valence-electron chi connectivity index (χ2n) is 5.06. The van der Waals surface area contributed by atoms with Crippen LogP contribution in [0.3, 0.4) is 0 Å². The van der Waals surface area contributed by atoms with Crippen molar-refractivity contribution in [2.24, 2.45) is 0 Å². The Hall–Kier alpha value is -1.23. The lowest BCUT2D eigenvalue weighted by molar-refractivity contribution is -0.0553. The summed E-state index contributed by atoms with van der Waals surface area (Å²) in [5, 5.41) is 3.14. The van der Waals surface area contributed by atoms with Crippen LogP contribution in [0.15, 0.2) is 6.33 Å². The van der Waals surface area contributed by atoms with Gasteiger partial charge in [-0.15, -0.1) is 0 Å². The van der Waals surface area contributed by atoms with E-state index in [1.54, 1.807) is 6.92 Å². The number of anilines is 1. The van der Waals surface area contributed by atoms with E-state index in [4.69, 9.17) is 4.74 Å². The highest BCUT2D eigenvalue weighted by atomic mass is 19.1. The van der Waals surface area contributed by atoms with E-state index in [0.29, 0.717) is 18.1 Å². The van der Waals surface area contributed by atoms with E-state index in [9.17, 15) is 4.39 Å². The Labute approximate surface area is 101 Å². The summed E-state index contributed by atoms with van der Waals surface area (Å²) in [5.74, 6) is -0.0722.